The molecule has 0 aromatic heterocycles. The van der Waals surface area contributed by atoms with Crippen molar-refractivity contribution in [1.82, 2.24) is 10.6 Å². The molecule has 0 saturated heterocycles. The highest BCUT2D eigenvalue weighted by molar-refractivity contribution is 5.78. The first-order chi connectivity index (χ1) is 7.13. The molecular formula is C12H18N2O. The van der Waals surface area contributed by atoms with Crippen molar-refractivity contribution in [1.29, 1.82) is 0 Å². The monoisotopic (exact) mass is 206 g/mol. The first-order valence-electron chi connectivity index (χ1n) is 5.14. The molecule has 0 aliphatic rings. The van der Waals surface area contributed by atoms with Crippen molar-refractivity contribution in [2.24, 2.45) is 0 Å². The second kappa shape index (κ2) is 5.51. The summed E-state index contributed by atoms with van der Waals surface area (Å²) in [6.45, 7) is 4.39. The number of benzene rings is 1. The Morgan fingerprint density at radius 3 is 2.47 bits per heavy atom. The van der Waals surface area contributed by atoms with E-state index in [9.17, 15) is 4.79 Å². The molecule has 1 amide bonds. The van der Waals surface area contributed by atoms with Gasteiger partial charge >= 0.3 is 0 Å². The van der Waals surface area contributed by atoms with Crippen LogP contribution in [0.25, 0.3) is 0 Å². The molecule has 1 rings (SSSR count). The van der Waals surface area contributed by atoms with Crippen LogP contribution in [0.1, 0.15) is 24.1 Å². The summed E-state index contributed by atoms with van der Waals surface area (Å²) in [4.78, 5) is 11.3. The number of likely N-dealkylation sites (N-methyl/N-ethyl adjacent to an activating group) is 1. The van der Waals surface area contributed by atoms with Crippen molar-refractivity contribution in [3.05, 3.63) is 35.4 Å². The first kappa shape index (κ1) is 11.7. The summed E-state index contributed by atoms with van der Waals surface area (Å²) in [5, 5.41) is 5.74. The minimum Gasteiger partial charge on any atom is -0.348 e. The largest absolute Gasteiger partial charge is 0.348 e. The Hall–Kier alpha value is -1.35. The van der Waals surface area contributed by atoms with Crippen LogP contribution in [0, 0.1) is 6.92 Å². The van der Waals surface area contributed by atoms with E-state index in [0.29, 0.717) is 6.54 Å². The molecule has 15 heavy (non-hydrogen) atoms. The molecule has 1 aromatic rings. The van der Waals surface area contributed by atoms with Gasteiger partial charge < -0.3 is 10.6 Å². The lowest BCUT2D eigenvalue weighted by atomic mass is 10.1. The van der Waals surface area contributed by atoms with Crippen LogP contribution in [0.5, 0.6) is 0 Å². The third-order valence-electron chi connectivity index (χ3n) is 2.29. The smallest absolute Gasteiger partial charge is 0.234 e. The number of amides is 1. The highest BCUT2D eigenvalue weighted by Crippen LogP contribution is 2.12. The Labute approximate surface area is 90.9 Å². The van der Waals surface area contributed by atoms with Gasteiger partial charge in [-0.2, -0.15) is 0 Å². The highest BCUT2D eigenvalue weighted by atomic mass is 16.1. The Kier molecular flexibility index (Phi) is 4.31. The highest BCUT2D eigenvalue weighted by Gasteiger charge is 2.07. The number of nitrogens with one attached hydrogen (secondary N) is 2. The number of carbonyl (C=O) groups excluding carboxylic acids is 1. The van der Waals surface area contributed by atoms with Crippen molar-refractivity contribution in [2.75, 3.05) is 13.6 Å². The van der Waals surface area contributed by atoms with Gasteiger partial charge in [0.1, 0.15) is 0 Å². The third kappa shape index (κ3) is 3.72. The van der Waals surface area contributed by atoms with E-state index in [1.165, 1.54) is 5.56 Å². The average molecular weight is 206 g/mol. The van der Waals surface area contributed by atoms with Gasteiger partial charge in [-0.3, -0.25) is 4.79 Å². The molecule has 2 N–H and O–H groups in total. The fourth-order valence-corrected chi connectivity index (χ4v) is 1.39. The zero-order valence-corrected chi connectivity index (χ0v) is 9.50. The molecule has 0 aliphatic heterocycles. The maximum atomic E-state index is 11.3. The molecule has 0 spiro atoms. The quantitative estimate of drug-likeness (QED) is 0.781. The minimum absolute atomic E-state index is 0.0191. The molecule has 3 nitrogen and oxygen atoms in total. The maximum Gasteiger partial charge on any atom is 0.234 e. The van der Waals surface area contributed by atoms with E-state index in [1.807, 2.05) is 26.0 Å². The van der Waals surface area contributed by atoms with Crippen LogP contribution < -0.4 is 10.6 Å². The van der Waals surface area contributed by atoms with Crippen LogP contribution in [0.2, 0.25) is 0 Å². The van der Waals surface area contributed by atoms with Crippen LogP contribution in [-0.2, 0) is 4.79 Å². The fourth-order valence-electron chi connectivity index (χ4n) is 1.39. The lowest BCUT2D eigenvalue weighted by Crippen LogP contribution is -2.33. The summed E-state index contributed by atoms with van der Waals surface area (Å²) in [7, 11) is 1.76. The third-order valence-corrected chi connectivity index (χ3v) is 2.29. The SMILES string of the molecule is CNCC(=O)NC(C)c1ccc(C)cc1. The standard InChI is InChI=1S/C12H18N2O/c1-9-4-6-11(7-5-9)10(2)14-12(15)8-13-3/h4-7,10,13H,8H2,1-3H3,(H,14,15). The van der Waals surface area contributed by atoms with Crippen LogP contribution >= 0.6 is 0 Å². The summed E-state index contributed by atoms with van der Waals surface area (Å²) in [6, 6.07) is 8.25. The van der Waals surface area contributed by atoms with Gasteiger partial charge in [0.05, 0.1) is 12.6 Å². The van der Waals surface area contributed by atoms with Crippen molar-refractivity contribution in [2.45, 2.75) is 19.9 Å². The van der Waals surface area contributed by atoms with E-state index in [-0.39, 0.29) is 11.9 Å². The molecule has 0 aliphatic carbocycles. The zero-order valence-electron chi connectivity index (χ0n) is 9.50. The molecule has 0 saturated carbocycles. The number of rotatable bonds is 4. The fraction of sp³-hybridized carbons (Fsp3) is 0.417. The average Bonchev–Trinajstić information content (AvgIpc) is 2.18. The van der Waals surface area contributed by atoms with Crippen molar-refractivity contribution >= 4 is 5.91 Å². The number of aryl methyl sites for hydroxylation is 1. The van der Waals surface area contributed by atoms with Crippen molar-refractivity contribution in [3.63, 3.8) is 0 Å². The van der Waals surface area contributed by atoms with Crippen molar-refractivity contribution in [3.8, 4) is 0 Å². The first-order valence-corrected chi connectivity index (χ1v) is 5.14. The predicted octanol–water partition coefficient (Wildman–Crippen LogP) is 1.39. The van der Waals surface area contributed by atoms with Gasteiger partial charge in [0.2, 0.25) is 5.91 Å². The topological polar surface area (TPSA) is 41.1 Å². The molecule has 1 atom stereocenters. The van der Waals surface area contributed by atoms with Crippen LogP contribution in [0.3, 0.4) is 0 Å². The summed E-state index contributed by atoms with van der Waals surface area (Å²) in [5.74, 6) is 0.0191. The summed E-state index contributed by atoms with van der Waals surface area (Å²) >= 11 is 0. The Morgan fingerprint density at radius 1 is 1.33 bits per heavy atom. The molecule has 1 unspecified atom stereocenters. The van der Waals surface area contributed by atoms with Gasteiger partial charge in [0.25, 0.3) is 0 Å². The molecule has 0 radical (unpaired) electrons. The van der Waals surface area contributed by atoms with Gasteiger partial charge in [-0.15, -0.1) is 0 Å². The minimum atomic E-state index is 0.0191. The molecule has 3 heteroatoms. The lowest BCUT2D eigenvalue weighted by Gasteiger charge is -2.14. The van der Waals surface area contributed by atoms with Crippen LogP contribution in [0.4, 0.5) is 0 Å². The van der Waals surface area contributed by atoms with Gasteiger partial charge in [0.15, 0.2) is 0 Å². The number of carbonyl (C=O) groups is 1. The van der Waals surface area contributed by atoms with Crippen LogP contribution in [0.15, 0.2) is 24.3 Å². The van der Waals surface area contributed by atoms with Gasteiger partial charge in [0, 0.05) is 0 Å². The van der Waals surface area contributed by atoms with E-state index >= 15 is 0 Å². The second-order valence-electron chi connectivity index (χ2n) is 3.73. The van der Waals surface area contributed by atoms with E-state index in [2.05, 4.69) is 22.8 Å². The number of hydrogen-bond donors (Lipinski definition) is 2. The molecule has 82 valence electrons. The summed E-state index contributed by atoms with van der Waals surface area (Å²) in [5.41, 5.74) is 2.36. The molecule has 0 heterocycles. The van der Waals surface area contributed by atoms with E-state index in [1.54, 1.807) is 7.05 Å². The molecule has 1 aromatic carbocycles. The summed E-state index contributed by atoms with van der Waals surface area (Å²) in [6.07, 6.45) is 0. The second-order valence-corrected chi connectivity index (χ2v) is 3.73. The Morgan fingerprint density at radius 2 is 1.93 bits per heavy atom. The Bertz CT molecular complexity index is 319. The van der Waals surface area contributed by atoms with Gasteiger partial charge in [-0.05, 0) is 26.5 Å². The van der Waals surface area contributed by atoms with E-state index < -0.39 is 0 Å². The van der Waals surface area contributed by atoms with Gasteiger partial charge in [-0.1, -0.05) is 29.8 Å². The van der Waals surface area contributed by atoms with E-state index in [4.69, 9.17) is 0 Å². The Balaban J connectivity index is 2.57. The zero-order chi connectivity index (χ0) is 11.3. The van der Waals surface area contributed by atoms with Crippen molar-refractivity contribution < 1.29 is 4.79 Å². The predicted molar refractivity (Wildman–Crippen MR) is 61.7 cm³/mol. The lowest BCUT2D eigenvalue weighted by molar-refractivity contribution is -0.120. The van der Waals surface area contributed by atoms with Crippen LogP contribution in [-0.4, -0.2) is 19.5 Å². The summed E-state index contributed by atoms with van der Waals surface area (Å²) < 4.78 is 0. The van der Waals surface area contributed by atoms with Gasteiger partial charge in [-0.25, -0.2) is 0 Å². The normalized spacial score (nSPS) is 12.2. The maximum absolute atomic E-state index is 11.3. The molecular weight excluding hydrogens is 188 g/mol. The molecule has 0 bridgehead atoms. The molecule has 0 fully saturated rings. The van der Waals surface area contributed by atoms with E-state index in [0.717, 1.165) is 5.56 Å². The number of hydrogen-bond acceptors (Lipinski definition) is 2.